The van der Waals surface area contributed by atoms with Crippen molar-refractivity contribution >= 4 is 5.91 Å². The topological polar surface area (TPSA) is 45.7 Å². The summed E-state index contributed by atoms with van der Waals surface area (Å²) in [7, 11) is 3.59. The number of hydrogen-bond acceptors (Lipinski definition) is 4. The molecular weight excluding hydrogens is 386 g/mol. The lowest BCUT2D eigenvalue weighted by Crippen LogP contribution is -2.60. The molecule has 0 bridgehead atoms. The van der Waals surface area contributed by atoms with Crippen LogP contribution in [0.3, 0.4) is 0 Å². The SMILES string of the molecule is CN(C)C(=O)[C@@]1(Cc2cccc(-c3ccccc3)c2)CN(Cc2ccccn2)CCO1. The van der Waals surface area contributed by atoms with Crippen molar-refractivity contribution in [3.8, 4) is 11.1 Å². The van der Waals surface area contributed by atoms with Crippen LogP contribution in [0.1, 0.15) is 11.3 Å². The molecule has 0 radical (unpaired) electrons. The van der Waals surface area contributed by atoms with Gasteiger partial charge in [-0.3, -0.25) is 14.7 Å². The molecule has 31 heavy (non-hydrogen) atoms. The van der Waals surface area contributed by atoms with Crippen molar-refractivity contribution in [2.75, 3.05) is 33.8 Å². The molecule has 1 aliphatic heterocycles. The average molecular weight is 416 g/mol. The van der Waals surface area contributed by atoms with E-state index in [4.69, 9.17) is 4.74 Å². The van der Waals surface area contributed by atoms with Gasteiger partial charge in [-0.15, -0.1) is 0 Å². The Morgan fingerprint density at radius 3 is 2.55 bits per heavy atom. The number of amides is 1. The van der Waals surface area contributed by atoms with Crippen molar-refractivity contribution in [3.05, 3.63) is 90.3 Å². The number of morpholine rings is 1. The number of carbonyl (C=O) groups is 1. The first-order valence-corrected chi connectivity index (χ1v) is 10.7. The van der Waals surface area contributed by atoms with Gasteiger partial charge in [-0.1, -0.05) is 60.7 Å². The van der Waals surface area contributed by atoms with Crippen LogP contribution in [-0.2, 0) is 22.5 Å². The van der Waals surface area contributed by atoms with Crippen LogP contribution in [-0.4, -0.2) is 60.1 Å². The van der Waals surface area contributed by atoms with Crippen LogP contribution in [0.15, 0.2) is 79.0 Å². The summed E-state index contributed by atoms with van der Waals surface area (Å²) < 4.78 is 6.25. The molecule has 1 amide bonds. The summed E-state index contributed by atoms with van der Waals surface area (Å²) in [5.41, 5.74) is 3.49. The Morgan fingerprint density at radius 2 is 1.81 bits per heavy atom. The highest BCUT2D eigenvalue weighted by Crippen LogP contribution is 2.28. The normalized spacial score (nSPS) is 19.2. The number of ether oxygens (including phenoxy) is 1. The van der Waals surface area contributed by atoms with Gasteiger partial charge in [0.05, 0.1) is 12.3 Å². The van der Waals surface area contributed by atoms with Gasteiger partial charge in [0.15, 0.2) is 5.60 Å². The Morgan fingerprint density at radius 1 is 1.03 bits per heavy atom. The van der Waals surface area contributed by atoms with Crippen molar-refractivity contribution in [1.29, 1.82) is 0 Å². The van der Waals surface area contributed by atoms with Gasteiger partial charge < -0.3 is 9.64 Å². The molecule has 5 nitrogen and oxygen atoms in total. The molecule has 2 aromatic carbocycles. The molecule has 160 valence electrons. The first-order chi connectivity index (χ1) is 15.1. The number of aromatic nitrogens is 1. The maximum Gasteiger partial charge on any atom is 0.255 e. The molecule has 0 spiro atoms. The summed E-state index contributed by atoms with van der Waals surface area (Å²) in [6.45, 7) is 2.54. The molecule has 1 aromatic heterocycles. The molecule has 3 aromatic rings. The second kappa shape index (κ2) is 9.41. The molecule has 4 rings (SSSR count). The second-order valence-electron chi connectivity index (χ2n) is 8.32. The van der Waals surface area contributed by atoms with Gasteiger partial charge in [0.2, 0.25) is 0 Å². The Bertz CT molecular complexity index is 1010. The molecule has 0 unspecified atom stereocenters. The molecule has 5 heteroatoms. The highest BCUT2D eigenvalue weighted by atomic mass is 16.5. The zero-order valence-electron chi connectivity index (χ0n) is 18.2. The number of pyridine rings is 1. The third-order valence-corrected chi connectivity index (χ3v) is 5.70. The first-order valence-electron chi connectivity index (χ1n) is 10.7. The largest absolute Gasteiger partial charge is 0.362 e. The van der Waals surface area contributed by atoms with E-state index >= 15 is 0 Å². The van der Waals surface area contributed by atoms with E-state index in [2.05, 4.69) is 46.3 Å². The van der Waals surface area contributed by atoms with E-state index in [1.54, 1.807) is 19.0 Å². The minimum Gasteiger partial charge on any atom is -0.362 e. The third kappa shape index (κ3) is 5.01. The second-order valence-corrected chi connectivity index (χ2v) is 8.32. The van der Waals surface area contributed by atoms with E-state index in [0.29, 0.717) is 26.1 Å². The molecule has 1 atom stereocenters. The maximum atomic E-state index is 13.3. The monoisotopic (exact) mass is 415 g/mol. The van der Waals surface area contributed by atoms with Crippen LogP contribution in [0.5, 0.6) is 0 Å². The maximum absolute atomic E-state index is 13.3. The van der Waals surface area contributed by atoms with Crippen LogP contribution in [0, 0.1) is 0 Å². The predicted octanol–water partition coefficient (Wildman–Crippen LogP) is 3.65. The first kappa shape index (κ1) is 21.2. The van der Waals surface area contributed by atoms with Crippen LogP contribution < -0.4 is 0 Å². The van der Waals surface area contributed by atoms with E-state index in [1.165, 1.54) is 5.56 Å². The number of rotatable bonds is 6. The van der Waals surface area contributed by atoms with Crippen molar-refractivity contribution < 1.29 is 9.53 Å². The van der Waals surface area contributed by atoms with Crippen molar-refractivity contribution in [1.82, 2.24) is 14.8 Å². The Hall–Kier alpha value is -3.02. The summed E-state index contributed by atoms with van der Waals surface area (Å²) in [6, 6.07) is 24.7. The zero-order chi connectivity index (χ0) is 21.7. The van der Waals surface area contributed by atoms with E-state index < -0.39 is 5.60 Å². The van der Waals surface area contributed by atoms with Gasteiger partial charge in [0.25, 0.3) is 5.91 Å². The van der Waals surface area contributed by atoms with E-state index in [0.717, 1.165) is 23.4 Å². The number of nitrogens with zero attached hydrogens (tertiary/aromatic N) is 3. The molecule has 0 aliphatic carbocycles. The van der Waals surface area contributed by atoms with E-state index in [9.17, 15) is 4.79 Å². The molecule has 0 saturated carbocycles. The van der Waals surface area contributed by atoms with Gasteiger partial charge in [0, 0.05) is 46.3 Å². The molecular formula is C26H29N3O2. The van der Waals surface area contributed by atoms with E-state index in [1.807, 2.05) is 42.6 Å². The molecule has 2 heterocycles. The fourth-order valence-electron chi connectivity index (χ4n) is 4.25. The number of likely N-dealkylation sites (N-methyl/N-ethyl adjacent to an activating group) is 1. The van der Waals surface area contributed by atoms with Crippen LogP contribution in [0.25, 0.3) is 11.1 Å². The lowest BCUT2D eigenvalue weighted by Gasteiger charge is -2.42. The molecule has 1 aliphatic rings. The van der Waals surface area contributed by atoms with Crippen molar-refractivity contribution in [2.45, 2.75) is 18.6 Å². The highest BCUT2D eigenvalue weighted by Gasteiger charge is 2.44. The van der Waals surface area contributed by atoms with Crippen molar-refractivity contribution in [2.24, 2.45) is 0 Å². The fourth-order valence-corrected chi connectivity index (χ4v) is 4.25. The smallest absolute Gasteiger partial charge is 0.255 e. The van der Waals surface area contributed by atoms with Gasteiger partial charge in [-0.25, -0.2) is 0 Å². The van der Waals surface area contributed by atoms with Crippen LogP contribution >= 0.6 is 0 Å². The Labute approximate surface area is 184 Å². The van der Waals surface area contributed by atoms with Gasteiger partial charge in [0.1, 0.15) is 0 Å². The van der Waals surface area contributed by atoms with Crippen molar-refractivity contribution in [3.63, 3.8) is 0 Å². The van der Waals surface area contributed by atoms with Crippen LogP contribution in [0.2, 0.25) is 0 Å². The third-order valence-electron chi connectivity index (χ3n) is 5.70. The summed E-state index contributed by atoms with van der Waals surface area (Å²) in [5, 5.41) is 0. The Kier molecular flexibility index (Phi) is 6.44. The average Bonchev–Trinajstić information content (AvgIpc) is 2.80. The van der Waals surface area contributed by atoms with E-state index in [-0.39, 0.29) is 5.91 Å². The zero-order valence-corrected chi connectivity index (χ0v) is 18.2. The quantitative estimate of drug-likeness (QED) is 0.617. The number of benzene rings is 2. The summed E-state index contributed by atoms with van der Waals surface area (Å²) >= 11 is 0. The van der Waals surface area contributed by atoms with Gasteiger partial charge in [-0.2, -0.15) is 0 Å². The highest BCUT2D eigenvalue weighted by molar-refractivity contribution is 5.86. The van der Waals surface area contributed by atoms with Gasteiger partial charge >= 0.3 is 0 Å². The predicted molar refractivity (Wildman–Crippen MR) is 122 cm³/mol. The summed E-state index contributed by atoms with van der Waals surface area (Å²) in [5.74, 6) is 0.00309. The fraction of sp³-hybridized carbons (Fsp3) is 0.308. The summed E-state index contributed by atoms with van der Waals surface area (Å²) in [6.07, 6.45) is 2.34. The lowest BCUT2D eigenvalue weighted by molar-refractivity contribution is -0.169. The Balaban J connectivity index is 1.60. The molecule has 1 saturated heterocycles. The molecule has 0 N–H and O–H groups in total. The lowest BCUT2D eigenvalue weighted by atomic mass is 9.89. The minimum atomic E-state index is -0.911. The summed E-state index contributed by atoms with van der Waals surface area (Å²) in [4.78, 5) is 21.7. The number of carbonyl (C=O) groups excluding carboxylic acids is 1. The van der Waals surface area contributed by atoms with Gasteiger partial charge in [-0.05, 0) is 28.8 Å². The number of hydrogen-bond donors (Lipinski definition) is 0. The van der Waals surface area contributed by atoms with Crippen LogP contribution in [0.4, 0.5) is 0 Å². The molecule has 1 fully saturated rings. The standard InChI is InChI=1S/C26H29N3O2/c1-28(2)25(30)26(20-29(15-16-31-26)19-24-13-6-7-14-27-24)18-21-9-8-12-23(17-21)22-10-4-3-5-11-22/h3-14,17H,15-16,18-20H2,1-2H3/t26-/m1/s1. The minimum absolute atomic E-state index is 0.00309.